The van der Waals surface area contributed by atoms with Crippen LogP contribution >= 0.6 is 11.8 Å². The van der Waals surface area contributed by atoms with E-state index in [-0.39, 0.29) is 12.1 Å². The third-order valence-electron chi connectivity index (χ3n) is 6.08. The van der Waals surface area contributed by atoms with Crippen molar-refractivity contribution in [2.45, 2.75) is 64.2 Å². The van der Waals surface area contributed by atoms with Gasteiger partial charge in [0.25, 0.3) is 0 Å². The highest BCUT2D eigenvalue weighted by atomic mass is 32.2. The predicted molar refractivity (Wildman–Crippen MR) is 108 cm³/mol. The van der Waals surface area contributed by atoms with Gasteiger partial charge in [-0.25, -0.2) is 0 Å². The molecule has 5 heteroatoms. The van der Waals surface area contributed by atoms with E-state index in [0.29, 0.717) is 12.1 Å². The van der Waals surface area contributed by atoms with Crippen molar-refractivity contribution in [3.63, 3.8) is 0 Å². The molecule has 5 rings (SSSR count). The van der Waals surface area contributed by atoms with Crippen molar-refractivity contribution in [2.75, 3.05) is 5.75 Å². The lowest BCUT2D eigenvalue weighted by Gasteiger charge is -2.32. The van der Waals surface area contributed by atoms with Gasteiger partial charge >= 0.3 is 0 Å². The molecule has 2 fully saturated rings. The number of amidine groups is 1. The van der Waals surface area contributed by atoms with Gasteiger partial charge in [0.1, 0.15) is 6.04 Å². The molecule has 0 bridgehead atoms. The molecule has 136 valence electrons. The Morgan fingerprint density at radius 2 is 2.08 bits per heavy atom. The number of rotatable bonds is 4. The Labute approximate surface area is 159 Å². The van der Waals surface area contributed by atoms with E-state index in [0.717, 1.165) is 11.4 Å². The van der Waals surface area contributed by atoms with Crippen LogP contribution in [0.4, 0.5) is 0 Å². The maximum Gasteiger partial charge on any atom is 0.160 e. The van der Waals surface area contributed by atoms with E-state index in [1.165, 1.54) is 41.4 Å². The van der Waals surface area contributed by atoms with Crippen molar-refractivity contribution < 1.29 is 0 Å². The van der Waals surface area contributed by atoms with Crippen molar-refractivity contribution in [1.29, 1.82) is 0 Å². The molecule has 1 saturated heterocycles. The SMILES string of the molecule is CC[C@@H]1CSC2=N[C@H](c3ccccn3)[C@H](c3cc(C)n(C4CC4)c3C)N21. The van der Waals surface area contributed by atoms with Crippen molar-refractivity contribution in [3.8, 4) is 0 Å². The van der Waals surface area contributed by atoms with Crippen LogP contribution < -0.4 is 0 Å². The van der Waals surface area contributed by atoms with Gasteiger partial charge in [-0.15, -0.1) is 0 Å². The summed E-state index contributed by atoms with van der Waals surface area (Å²) < 4.78 is 2.56. The van der Waals surface area contributed by atoms with Gasteiger partial charge in [-0.3, -0.25) is 9.98 Å². The number of thioether (sulfide) groups is 1. The maximum atomic E-state index is 5.15. The summed E-state index contributed by atoms with van der Waals surface area (Å²) in [6.07, 6.45) is 5.71. The summed E-state index contributed by atoms with van der Waals surface area (Å²) in [7, 11) is 0. The van der Waals surface area contributed by atoms with E-state index < -0.39 is 0 Å². The molecule has 0 N–H and O–H groups in total. The van der Waals surface area contributed by atoms with E-state index in [1.807, 2.05) is 24.0 Å². The molecule has 26 heavy (non-hydrogen) atoms. The first-order valence-electron chi connectivity index (χ1n) is 9.77. The Hall–Kier alpha value is -1.75. The number of pyridine rings is 1. The first-order valence-corrected chi connectivity index (χ1v) is 10.8. The second-order valence-electron chi connectivity index (χ2n) is 7.76. The van der Waals surface area contributed by atoms with Gasteiger partial charge in [0.05, 0.1) is 11.7 Å². The highest BCUT2D eigenvalue weighted by Crippen LogP contribution is 2.50. The van der Waals surface area contributed by atoms with Gasteiger partial charge in [0, 0.05) is 35.4 Å². The predicted octanol–water partition coefficient (Wildman–Crippen LogP) is 4.81. The molecule has 0 aromatic carbocycles. The van der Waals surface area contributed by atoms with Crippen molar-refractivity contribution in [1.82, 2.24) is 14.5 Å². The third-order valence-corrected chi connectivity index (χ3v) is 7.21. The summed E-state index contributed by atoms with van der Waals surface area (Å²) >= 11 is 1.92. The number of aromatic nitrogens is 2. The standard InChI is InChI=1S/C21H26N4S/c1-4-15-12-26-21-23-19(18-7-5-6-10-22-18)20(25(15)21)17-11-13(2)24(14(17)3)16-8-9-16/h5-7,10-11,15-16,19-20H,4,8-9,12H2,1-3H3/t15-,19-,20+/m1/s1. The first kappa shape index (κ1) is 16.4. The average molecular weight is 367 g/mol. The van der Waals surface area contributed by atoms with E-state index in [9.17, 15) is 0 Å². The number of aryl methyl sites for hydroxylation is 1. The van der Waals surface area contributed by atoms with Crippen LogP contribution in [0.25, 0.3) is 0 Å². The zero-order valence-electron chi connectivity index (χ0n) is 15.7. The molecular weight excluding hydrogens is 340 g/mol. The molecule has 0 radical (unpaired) electrons. The number of hydrogen-bond donors (Lipinski definition) is 0. The van der Waals surface area contributed by atoms with Gasteiger partial charge < -0.3 is 9.47 Å². The smallest absolute Gasteiger partial charge is 0.160 e. The Morgan fingerprint density at radius 1 is 1.23 bits per heavy atom. The fraction of sp³-hybridized carbons (Fsp3) is 0.524. The number of aliphatic imine (C=N–C) groups is 1. The summed E-state index contributed by atoms with van der Waals surface area (Å²) in [5.41, 5.74) is 5.36. The minimum Gasteiger partial charge on any atom is -0.346 e. The zero-order chi connectivity index (χ0) is 17.8. The van der Waals surface area contributed by atoms with E-state index in [4.69, 9.17) is 4.99 Å². The van der Waals surface area contributed by atoms with Crippen LogP contribution in [0.15, 0.2) is 35.5 Å². The second kappa shape index (κ2) is 6.15. The molecular formula is C21H26N4S. The number of hydrogen-bond acceptors (Lipinski definition) is 4. The van der Waals surface area contributed by atoms with E-state index in [2.05, 4.69) is 53.4 Å². The summed E-state index contributed by atoms with van der Waals surface area (Å²) in [5, 5.41) is 1.22. The van der Waals surface area contributed by atoms with E-state index >= 15 is 0 Å². The van der Waals surface area contributed by atoms with Gasteiger partial charge in [0.15, 0.2) is 5.17 Å². The largest absolute Gasteiger partial charge is 0.346 e. The molecule has 0 spiro atoms. The molecule has 1 aliphatic carbocycles. The van der Waals surface area contributed by atoms with Gasteiger partial charge in [0.2, 0.25) is 0 Å². The minimum absolute atomic E-state index is 0.0983. The summed E-state index contributed by atoms with van der Waals surface area (Å²) in [4.78, 5) is 12.4. The highest BCUT2D eigenvalue weighted by Gasteiger charge is 2.46. The fourth-order valence-electron chi connectivity index (χ4n) is 4.68. The van der Waals surface area contributed by atoms with Crippen LogP contribution in [0.3, 0.4) is 0 Å². The molecule has 3 aliphatic rings. The third kappa shape index (κ3) is 2.43. The van der Waals surface area contributed by atoms with Crippen LogP contribution in [-0.2, 0) is 0 Å². The normalized spacial score (nSPS) is 27.7. The molecule has 4 heterocycles. The van der Waals surface area contributed by atoms with Gasteiger partial charge in [-0.2, -0.15) is 0 Å². The Morgan fingerprint density at radius 3 is 2.77 bits per heavy atom. The molecule has 3 atom stereocenters. The van der Waals surface area contributed by atoms with E-state index in [1.54, 1.807) is 0 Å². The molecule has 2 aromatic heterocycles. The summed E-state index contributed by atoms with van der Waals surface area (Å²) in [6.45, 7) is 6.86. The Bertz CT molecular complexity index is 852. The molecule has 2 aliphatic heterocycles. The van der Waals surface area contributed by atoms with Crippen molar-refractivity contribution in [3.05, 3.63) is 53.1 Å². The fourth-order valence-corrected chi connectivity index (χ4v) is 6.02. The monoisotopic (exact) mass is 366 g/mol. The lowest BCUT2D eigenvalue weighted by atomic mass is 9.95. The van der Waals surface area contributed by atoms with Gasteiger partial charge in [-0.1, -0.05) is 24.8 Å². The maximum absolute atomic E-state index is 5.15. The highest BCUT2D eigenvalue weighted by molar-refractivity contribution is 8.14. The number of nitrogens with zero attached hydrogens (tertiary/aromatic N) is 4. The lowest BCUT2D eigenvalue weighted by molar-refractivity contribution is 0.254. The average Bonchev–Trinajstić information content (AvgIpc) is 3.19. The van der Waals surface area contributed by atoms with Crippen LogP contribution in [-0.4, -0.2) is 31.4 Å². The summed E-state index contributed by atoms with van der Waals surface area (Å²) in [6, 6.07) is 10.3. The van der Waals surface area contributed by atoms with Crippen molar-refractivity contribution >= 4 is 16.9 Å². The second-order valence-corrected chi connectivity index (χ2v) is 8.75. The van der Waals surface area contributed by atoms with Crippen LogP contribution in [0.5, 0.6) is 0 Å². The molecule has 0 amide bonds. The zero-order valence-corrected chi connectivity index (χ0v) is 16.5. The Kier molecular flexibility index (Phi) is 3.89. The van der Waals surface area contributed by atoms with Crippen LogP contribution in [0, 0.1) is 13.8 Å². The molecule has 2 aromatic rings. The number of fused-ring (bicyclic) bond motifs is 1. The summed E-state index contributed by atoms with van der Waals surface area (Å²) in [5.74, 6) is 1.15. The Balaban J connectivity index is 1.62. The molecule has 4 nitrogen and oxygen atoms in total. The van der Waals surface area contributed by atoms with Gasteiger partial charge in [-0.05, 0) is 56.9 Å². The first-order chi connectivity index (χ1) is 12.7. The molecule has 0 unspecified atom stereocenters. The quantitative estimate of drug-likeness (QED) is 0.778. The minimum atomic E-state index is 0.0983. The molecule has 1 saturated carbocycles. The lowest BCUT2D eigenvalue weighted by Crippen LogP contribution is -2.35. The van der Waals surface area contributed by atoms with Crippen LogP contribution in [0.1, 0.15) is 67.0 Å². The van der Waals surface area contributed by atoms with Crippen LogP contribution in [0.2, 0.25) is 0 Å². The topological polar surface area (TPSA) is 33.4 Å². The van der Waals surface area contributed by atoms with Crippen molar-refractivity contribution in [2.24, 2.45) is 4.99 Å².